The number of anilines is 1. The summed E-state index contributed by atoms with van der Waals surface area (Å²) in [5.41, 5.74) is 2.99. The van der Waals surface area contributed by atoms with Gasteiger partial charge in [0.05, 0.1) is 32.2 Å². The lowest BCUT2D eigenvalue weighted by molar-refractivity contribution is -0.120. The topological polar surface area (TPSA) is 84.9 Å². The molecule has 2 rings (SSSR count). The summed E-state index contributed by atoms with van der Waals surface area (Å²) in [6.07, 6.45) is 1.09. The maximum absolute atomic E-state index is 12.7. The molecule has 29 heavy (non-hydrogen) atoms. The van der Waals surface area contributed by atoms with Gasteiger partial charge >= 0.3 is 0 Å². The van der Waals surface area contributed by atoms with Crippen LogP contribution in [-0.4, -0.2) is 41.3 Å². The van der Waals surface area contributed by atoms with Crippen molar-refractivity contribution in [3.8, 4) is 11.5 Å². The van der Waals surface area contributed by atoms with Gasteiger partial charge in [0.15, 0.2) is 0 Å². The van der Waals surface area contributed by atoms with Crippen molar-refractivity contribution in [1.29, 1.82) is 0 Å². The highest BCUT2D eigenvalue weighted by atomic mass is 32.2. The van der Waals surface area contributed by atoms with E-state index in [0.717, 1.165) is 27.3 Å². The smallest absolute Gasteiger partial charge is 0.241 e. The first kappa shape index (κ1) is 22.5. The number of carbonyl (C=O) groups excluding carboxylic acids is 1. The van der Waals surface area contributed by atoms with E-state index in [9.17, 15) is 13.2 Å². The van der Waals surface area contributed by atoms with E-state index in [4.69, 9.17) is 9.47 Å². The van der Waals surface area contributed by atoms with Crippen LogP contribution in [0.5, 0.6) is 11.5 Å². The van der Waals surface area contributed by atoms with Crippen molar-refractivity contribution in [3.63, 3.8) is 0 Å². The molecule has 0 aliphatic carbocycles. The maximum Gasteiger partial charge on any atom is 0.241 e. The molecule has 0 aromatic heterocycles. The lowest BCUT2D eigenvalue weighted by atomic mass is 10.1. The van der Waals surface area contributed by atoms with E-state index in [1.165, 1.54) is 0 Å². The fourth-order valence-electron chi connectivity index (χ4n) is 3.06. The molecule has 0 unspecified atom stereocenters. The molecule has 1 atom stereocenters. The normalized spacial score (nSPS) is 12.2. The molecule has 0 spiro atoms. The summed E-state index contributed by atoms with van der Waals surface area (Å²) in [6, 6.07) is 10.3. The van der Waals surface area contributed by atoms with E-state index in [-0.39, 0.29) is 6.54 Å². The zero-order valence-corrected chi connectivity index (χ0v) is 18.5. The third kappa shape index (κ3) is 5.41. The average Bonchev–Trinajstić information content (AvgIpc) is 2.67. The molecule has 0 bridgehead atoms. The Balaban J connectivity index is 2.26. The van der Waals surface area contributed by atoms with Crippen LogP contribution < -0.4 is 19.1 Å². The number of ether oxygens (including phenoxy) is 2. The molecule has 0 fully saturated rings. The van der Waals surface area contributed by atoms with Gasteiger partial charge in [-0.3, -0.25) is 9.10 Å². The number of hydrogen-bond acceptors (Lipinski definition) is 5. The highest BCUT2D eigenvalue weighted by molar-refractivity contribution is 7.92. The number of methoxy groups -OCH3 is 2. The SMILES string of the molecule is COc1ccc(OC)c([C@H](C)NC(=O)CN(c2cccc(C)c2C)S(C)(=O)=O)c1. The zero-order valence-electron chi connectivity index (χ0n) is 17.6. The molecule has 2 aromatic rings. The number of carbonyl (C=O) groups is 1. The summed E-state index contributed by atoms with van der Waals surface area (Å²) in [5.74, 6) is 0.817. The Morgan fingerprint density at radius 3 is 2.41 bits per heavy atom. The van der Waals surface area contributed by atoms with Crippen LogP contribution in [0.25, 0.3) is 0 Å². The number of amides is 1. The van der Waals surface area contributed by atoms with Gasteiger partial charge in [0.1, 0.15) is 18.0 Å². The Hall–Kier alpha value is -2.74. The van der Waals surface area contributed by atoms with Gasteiger partial charge in [0.25, 0.3) is 0 Å². The Morgan fingerprint density at radius 2 is 1.83 bits per heavy atom. The van der Waals surface area contributed by atoms with Crippen molar-refractivity contribution in [2.75, 3.05) is 31.3 Å². The van der Waals surface area contributed by atoms with Crippen LogP contribution in [0, 0.1) is 13.8 Å². The van der Waals surface area contributed by atoms with E-state index < -0.39 is 22.0 Å². The van der Waals surface area contributed by atoms with Crippen LogP contribution >= 0.6 is 0 Å². The molecule has 8 heteroatoms. The third-order valence-electron chi connectivity index (χ3n) is 4.81. The maximum atomic E-state index is 12.7. The number of rotatable bonds is 8. The van der Waals surface area contributed by atoms with Crippen molar-refractivity contribution in [3.05, 3.63) is 53.1 Å². The number of nitrogens with zero attached hydrogens (tertiary/aromatic N) is 1. The molecule has 1 N–H and O–H groups in total. The second-order valence-corrected chi connectivity index (χ2v) is 8.79. The minimum Gasteiger partial charge on any atom is -0.497 e. The van der Waals surface area contributed by atoms with Gasteiger partial charge in [-0.1, -0.05) is 12.1 Å². The first-order valence-electron chi connectivity index (χ1n) is 9.13. The molecule has 0 heterocycles. The van der Waals surface area contributed by atoms with Crippen molar-refractivity contribution in [2.24, 2.45) is 0 Å². The van der Waals surface area contributed by atoms with E-state index in [0.29, 0.717) is 17.2 Å². The van der Waals surface area contributed by atoms with Gasteiger partial charge < -0.3 is 14.8 Å². The van der Waals surface area contributed by atoms with Crippen LogP contribution in [-0.2, 0) is 14.8 Å². The molecule has 0 aliphatic heterocycles. The summed E-state index contributed by atoms with van der Waals surface area (Å²) in [6.45, 7) is 5.22. The van der Waals surface area contributed by atoms with E-state index >= 15 is 0 Å². The van der Waals surface area contributed by atoms with Gasteiger partial charge in [-0.25, -0.2) is 8.42 Å². The standard InChI is InChI=1S/C21H28N2O5S/c1-14-8-7-9-19(15(14)2)23(29(6,25)26)13-21(24)22-16(3)18-12-17(27-4)10-11-20(18)28-5/h7-12,16H,13H2,1-6H3,(H,22,24)/t16-/m0/s1. The van der Waals surface area contributed by atoms with Gasteiger partial charge in [-0.15, -0.1) is 0 Å². The molecule has 0 radical (unpaired) electrons. The second-order valence-electron chi connectivity index (χ2n) is 6.89. The molecule has 1 amide bonds. The first-order chi connectivity index (χ1) is 13.6. The van der Waals surface area contributed by atoms with Crippen molar-refractivity contribution >= 4 is 21.6 Å². The van der Waals surface area contributed by atoms with Crippen LogP contribution in [0.1, 0.15) is 29.7 Å². The number of aryl methyl sites for hydroxylation is 1. The predicted molar refractivity (Wildman–Crippen MR) is 114 cm³/mol. The van der Waals surface area contributed by atoms with Crippen molar-refractivity contribution in [2.45, 2.75) is 26.8 Å². The first-order valence-corrected chi connectivity index (χ1v) is 11.0. The Morgan fingerprint density at radius 1 is 1.14 bits per heavy atom. The lowest BCUT2D eigenvalue weighted by Crippen LogP contribution is -2.41. The minimum atomic E-state index is -3.65. The average molecular weight is 421 g/mol. The molecule has 0 saturated heterocycles. The van der Waals surface area contributed by atoms with Gasteiger partial charge in [-0.2, -0.15) is 0 Å². The third-order valence-corrected chi connectivity index (χ3v) is 5.94. The highest BCUT2D eigenvalue weighted by Gasteiger charge is 2.24. The van der Waals surface area contributed by atoms with E-state index in [1.807, 2.05) is 19.9 Å². The molecule has 158 valence electrons. The van der Waals surface area contributed by atoms with Crippen LogP contribution in [0.4, 0.5) is 5.69 Å². The van der Waals surface area contributed by atoms with Crippen molar-refractivity contribution in [1.82, 2.24) is 5.32 Å². The highest BCUT2D eigenvalue weighted by Crippen LogP contribution is 2.29. The number of nitrogens with one attached hydrogen (secondary N) is 1. The van der Waals surface area contributed by atoms with Crippen LogP contribution in [0.2, 0.25) is 0 Å². The van der Waals surface area contributed by atoms with Gasteiger partial charge in [0, 0.05) is 5.56 Å². The summed E-state index contributed by atoms with van der Waals surface area (Å²) in [7, 11) is -0.542. The number of sulfonamides is 1. The number of benzene rings is 2. The van der Waals surface area contributed by atoms with Gasteiger partial charge in [0.2, 0.25) is 15.9 Å². The fraction of sp³-hybridized carbons (Fsp3) is 0.381. The Labute approximate surface area is 172 Å². The summed E-state index contributed by atoms with van der Waals surface area (Å²) in [4.78, 5) is 12.7. The molecule has 2 aromatic carbocycles. The molecule has 0 saturated carbocycles. The van der Waals surface area contributed by atoms with Crippen molar-refractivity contribution < 1.29 is 22.7 Å². The largest absolute Gasteiger partial charge is 0.497 e. The Kier molecular flexibility index (Phi) is 7.13. The summed E-state index contributed by atoms with van der Waals surface area (Å²) >= 11 is 0. The molecule has 0 aliphatic rings. The minimum absolute atomic E-state index is 0.320. The second kappa shape index (κ2) is 9.17. The Bertz CT molecular complexity index is 989. The van der Waals surface area contributed by atoms with E-state index in [2.05, 4.69) is 5.32 Å². The fourth-order valence-corrected chi connectivity index (χ4v) is 3.97. The van der Waals surface area contributed by atoms with Crippen LogP contribution in [0.15, 0.2) is 36.4 Å². The van der Waals surface area contributed by atoms with E-state index in [1.54, 1.807) is 51.5 Å². The van der Waals surface area contributed by atoms with Gasteiger partial charge in [-0.05, 0) is 56.2 Å². The number of hydrogen-bond donors (Lipinski definition) is 1. The molecular weight excluding hydrogens is 392 g/mol. The summed E-state index contributed by atoms with van der Waals surface area (Å²) < 4.78 is 36.5. The lowest BCUT2D eigenvalue weighted by Gasteiger charge is -2.25. The molecular formula is C21H28N2O5S. The monoisotopic (exact) mass is 420 g/mol. The summed E-state index contributed by atoms with van der Waals surface area (Å²) in [5, 5.41) is 2.85. The molecule has 7 nitrogen and oxygen atoms in total. The zero-order chi connectivity index (χ0) is 21.8. The quantitative estimate of drug-likeness (QED) is 0.710. The predicted octanol–water partition coefficient (Wildman–Crippen LogP) is 2.96. The van der Waals surface area contributed by atoms with Crippen LogP contribution in [0.3, 0.4) is 0 Å².